The van der Waals surface area contributed by atoms with Crippen LogP contribution in [-0.2, 0) is 20.9 Å². The Kier molecular flexibility index (Phi) is 5.66. The van der Waals surface area contributed by atoms with E-state index >= 15 is 0 Å². The molecule has 1 heterocycles. The molecule has 1 aromatic carbocycles. The van der Waals surface area contributed by atoms with Gasteiger partial charge in [-0.2, -0.15) is 8.78 Å². The third-order valence-electron chi connectivity index (χ3n) is 4.83. The SMILES string of the molecule is COc1cc(COC(=O)CN2C(=O)NC3(CCCC3)C2=O)ccc1OC(F)F. The van der Waals surface area contributed by atoms with E-state index in [1.807, 2.05) is 0 Å². The molecule has 8 nitrogen and oxygen atoms in total. The zero-order valence-corrected chi connectivity index (χ0v) is 15.2. The van der Waals surface area contributed by atoms with Gasteiger partial charge in [0.05, 0.1) is 7.11 Å². The Hall–Kier alpha value is -2.91. The van der Waals surface area contributed by atoms with Crippen molar-refractivity contribution in [3.8, 4) is 11.5 Å². The van der Waals surface area contributed by atoms with E-state index in [1.165, 1.54) is 25.3 Å². The van der Waals surface area contributed by atoms with Crippen LogP contribution in [0.5, 0.6) is 11.5 Å². The highest BCUT2D eigenvalue weighted by atomic mass is 19.3. The molecule has 0 aromatic heterocycles. The minimum absolute atomic E-state index is 0.0612. The maximum atomic E-state index is 12.5. The zero-order valence-electron chi connectivity index (χ0n) is 15.2. The number of esters is 1. The number of carbonyl (C=O) groups is 3. The summed E-state index contributed by atoms with van der Waals surface area (Å²) < 4.78 is 39.1. The van der Waals surface area contributed by atoms with Crippen LogP contribution in [0, 0.1) is 0 Å². The van der Waals surface area contributed by atoms with Gasteiger partial charge in [0.2, 0.25) is 0 Å². The molecule has 1 saturated carbocycles. The second-order valence-corrected chi connectivity index (χ2v) is 6.64. The number of nitrogens with zero attached hydrogens (tertiary/aromatic N) is 1. The molecule has 1 aliphatic carbocycles. The highest BCUT2D eigenvalue weighted by molar-refractivity contribution is 6.08. The number of rotatable bonds is 7. The van der Waals surface area contributed by atoms with Crippen molar-refractivity contribution in [2.24, 2.45) is 0 Å². The van der Waals surface area contributed by atoms with Gasteiger partial charge in [0.25, 0.3) is 5.91 Å². The maximum Gasteiger partial charge on any atom is 0.387 e. The lowest BCUT2D eigenvalue weighted by Gasteiger charge is -2.19. The summed E-state index contributed by atoms with van der Waals surface area (Å²) in [6, 6.07) is 3.51. The van der Waals surface area contributed by atoms with Crippen molar-refractivity contribution in [1.29, 1.82) is 0 Å². The average Bonchev–Trinajstić information content (AvgIpc) is 3.21. The predicted molar refractivity (Wildman–Crippen MR) is 90.9 cm³/mol. The van der Waals surface area contributed by atoms with E-state index < -0.39 is 36.6 Å². The lowest BCUT2D eigenvalue weighted by atomic mass is 9.98. The highest BCUT2D eigenvalue weighted by Gasteiger charge is 2.52. The van der Waals surface area contributed by atoms with Crippen LogP contribution in [0.1, 0.15) is 31.2 Å². The lowest BCUT2D eigenvalue weighted by Crippen LogP contribution is -2.44. The van der Waals surface area contributed by atoms with Crippen LogP contribution < -0.4 is 14.8 Å². The van der Waals surface area contributed by atoms with Crippen molar-refractivity contribution in [3.63, 3.8) is 0 Å². The monoisotopic (exact) mass is 398 g/mol. The summed E-state index contributed by atoms with van der Waals surface area (Å²) in [6.07, 6.45) is 2.82. The molecule has 2 aliphatic rings. The van der Waals surface area contributed by atoms with Gasteiger partial charge in [0.15, 0.2) is 11.5 Å². The standard InChI is InChI=1S/C18H20F2N2O6/c1-26-13-8-11(4-5-12(13)28-16(19)20)10-27-14(23)9-22-15(24)18(21-17(22)25)6-2-3-7-18/h4-5,8,16H,2-3,6-7,9-10H2,1H3,(H,21,25). The van der Waals surface area contributed by atoms with Gasteiger partial charge in [-0.15, -0.1) is 0 Å². The van der Waals surface area contributed by atoms with Crippen molar-refractivity contribution < 1.29 is 37.4 Å². The molecule has 1 spiro atoms. The molecule has 28 heavy (non-hydrogen) atoms. The molecule has 1 aromatic rings. The van der Waals surface area contributed by atoms with Crippen LogP contribution in [0.3, 0.4) is 0 Å². The van der Waals surface area contributed by atoms with E-state index in [9.17, 15) is 23.2 Å². The van der Waals surface area contributed by atoms with E-state index in [4.69, 9.17) is 9.47 Å². The molecule has 1 N–H and O–H groups in total. The Morgan fingerprint density at radius 2 is 1.96 bits per heavy atom. The van der Waals surface area contributed by atoms with Crippen LogP contribution in [0.25, 0.3) is 0 Å². The summed E-state index contributed by atoms with van der Waals surface area (Å²) in [5.74, 6) is -1.24. The molecule has 1 saturated heterocycles. The van der Waals surface area contributed by atoms with Gasteiger partial charge < -0.3 is 19.5 Å². The van der Waals surface area contributed by atoms with Gasteiger partial charge in [0, 0.05) is 0 Å². The summed E-state index contributed by atoms with van der Waals surface area (Å²) in [6.45, 7) is -3.67. The molecule has 0 atom stereocenters. The second-order valence-electron chi connectivity index (χ2n) is 6.64. The number of urea groups is 1. The molecular weight excluding hydrogens is 378 g/mol. The number of hydrogen-bond donors (Lipinski definition) is 1. The van der Waals surface area contributed by atoms with Gasteiger partial charge in [-0.05, 0) is 30.5 Å². The van der Waals surface area contributed by atoms with Gasteiger partial charge in [-0.3, -0.25) is 14.5 Å². The second kappa shape index (κ2) is 7.99. The number of imide groups is 1. The van der Waals surface area contributed by atoms with Crippen LogP contribution >= 0.6 is 0 Å². The number of hydrogen-bond acceptors (Lipinski definition) is 6. The van der Waals surface area contributed by atoms with Crippen LogP contribution in [0.4, 0.5) is 13.6 Å². The van der Waals surface area contributed by atoms with Gasteiger partial charge in [-0.1, -0.05) is 18.9 Å². The van der Waals surface area contributed by atoms with Crippen molar-refractivity contribution in [2.75, 3.05) is 13.7 Å². The Morgan fingerprint density at radius 3 is 2.61 bits per heavy atom. The number of methoxy groups -OCH3 is 1. The summed E-state index contributed by atoms with van der Waals surface area (Å²) in [5, 5.41) is 2.68. The zero-order chi connectivity index (χ0) is 20.3. The number of carbonyl (C=O) groups excluding carboxylic acids is 3. The Morgan fingerprint density at radius 1 is 1.25 bits per heavy atom. The Labute approximate surface area is 159 Å². The largest absolute Gasteiger partial charge is 0.493 e. The summed E-state index contributed by atoms with van der Waals surface area (Å²) in [5.41, 5.74) is -0.415. The van der Waals surface area contributed by atoms with Gasteiger partial charge in [-0.25, -0.2) is 4.79 Å². The van der Waals surface area contributed by atoms with Crippen molar-refractivity contribution in [3.05, 3.63) is 23.8 Å². The predicted octanol–water partition coefficient (Wildman–Crippen LogP) is 2.20. The summed E-state index contributed by atoms with van der Waals surface area (Å²) in [4.78, 5) is 37.5. The number of nitrogens with one attached hydrogen (secondary N) is 1. The average molecular weight is 398 g/mol. The Bertz CT molecular complexity index is 779. The Balaban J connectivity index is 1.57. The first kappa shape index (κ1) is 19.8. The summed E-state index contributed by atoms with van der Waals surface area (Å²) >= 11 is 0. The highest BCUT2D eigenvalue weighted by Crippen LogP contribution is 2.35. The lowest BCUT2D eigenvalue weighted by molar-refractivity contribution is -0.148. The summed E-state index contributed by atoms with van der Waals surface area (Å²) in [7, 11) is 1.29. The van der Waals surface area contributed by atoms with Crippen molar-refractivity contribution in [1.82, 2.24) is 10.2 Å². The molecule has 152 valence electrons. The van der Waals surface area contributed by atoms with Gasteiger partial charge >= 0.3 is 18.6 Å². The molecule has 10 heteroatoms. The fourth-order valence-corrected chi connectivity index (χ4v) is 3.47. The third-order valence-corrected chi connectivity index (χ3v) is 4.83. The fourth-order valence-electron chi connectivity index (χ4n) is 3.47. The van der Waals surface area contributed by atoms with Crippen molar-refractivity contribution in [2.45, 2.75) is 44.4 Å². The molecule has 3 amide bonds. The van der Waals surface area contributed by atoms with E-state index in [2.05, 4.69) is 10.1 Å². The molecule has 1 aliphatic heterocycles. The first-order chi connectivity index (χ1) is 13.3. The number of benzene rings is 1. The minimum atomic E-state index is -3.00. The maximum absolute atomic E-state index is 12.5. The molecule has 0 unspecified atom stereocenters. The van der Waals surface area contributed by atoms with Gasteiger partial charge in [0.1, 0.15) is 18.7 Å². The first-order valence-corrected chi connectivity index (χ1v) is 8.76. The molecule has 3 rings (SSSR count). The number of alkyl halides is 2. The van der Waals surface area contributed by atoms with E-state index in [0.717, 1.165) is 17.7 Å². The topological polar surface area (TPSA) is 94.2 Å². The number of amides is 3. The number of ether oxygens (including phenoxy) is 3. The molecule has 0 bridgehead atoms. The molecule has 2 fully saturated rings. The normalized spacial score (nSPS) is 17.9. The van der Waals surface area contributed by atoms with E-state index in [0.29, 0.717) is 18.4 Å². The molecule has 0 radical (unpaired) electrons. The van der Waals surface area contributed by atoms with Crippen molar-refractivity contribution >= 4 is 17.9 Å². The van der Waals surface area contributed by atoms with Crippen LogP contribution in [-0.4, -0.2) is 48.6 Å². The van der Waals surface area contributed by atoms with E-state index in [-0.39, 0.29) is 18.1 Å². The fraction of sp³-hybridized carbons (Fsp3) is 0.500. The van der Waals surface area contributed by atoms with E-state index in [1.54, 1.807) is 0 Å². The third kappa shape index (κ3) is 4.00. The number of halogens is 2. The quantitative estimate of drug-likeness (QED) is 0.559. The first-order valence-electron chi connectivity index (χ1n) is 8.76. The molecular formula is C18H20F2N2O6. The minimum Gasteiger partial charge on any atom is -0.493 e. The van der Waals surface area contributed by atoms with Crippen LogP contribution in [0.15, 0.2) is 18.2 Å². The smallest absolute Gasteiger partial charge is 0.387 e. The van der Waals surface area contributed by atoms with Crippen LogP contribution in [0.2, 0.25) is 0 Å².